The zero-order valence-electron chi connectivity index (χ0n) is 15.3. The molecule has 25 heavy (non-hydrogen) atoms. The van der Waals surface area contributed by atoms with Gasteiger partial charge in [-0.25, -0.2) is 0 Å². The van der Waals surface area contributed by atoms with Crippen molar-refractivity contribution in [3.8, 4) is 0 Å². The maximum absolute atomic E-state index is 6.10. The third-order valence-corrected chi connectivity index (χ3v) is 5.27. The largest absolute Gasteiger partial charge is 0.354 e. The molecule has 2 aliphatic rings. The summed E-state index contributed by atoms with van der Waals surface area (Å²) in [7, 11) is 1.85. The summed E-state index contributed by atoms with van der Waals surface area (Å²) in [6, 6.07) is 9.13. The van der Waals surface area contributed by atoms with Crippen LogP contribution in [-0.4, -0.2) is 49.6 Å². The molecule has 1 aliphatic heterocycles. The van der Waals surface area contributed by atoms with E-state index in [1.54, 1.807) is 0 Å². The minimum atomic E-state index is 0.452. The highest BCUT2D eigenvalue weighted by atomic mass is 35.5. The van der Waals surface area contributed by atoms with Crippen LogP contribution in [0.5, 0.6) is 0 Å². The van der Waals surface area contributed by atoms with Crippen LogP contribution in [0.4, 0.5) is 0 Å². The van der Waals surface area contributed by atoms with Gasteiger partial charge < -0.3 is 10.6 Å². The minimum absolute atomic E-state index is 0.452. The summed E-state index contributed by atoms with van der Waals surface area (Å²) in [6.07, 6.45) is 3.44. The Morgan fingerprint density at radius 3 is 2.72 bits per heavy atom. The molecule has 1 aromatic rings. The van der Waals surface area contributed by atoms with E-state index in [2.05, 4.69) is 46.2 Å². The van der Waals surface area contributed by atoms with Crippen molar-refractivity contribution in [2.75, 3.05) is 26.7 Å². The van der Waals surface area contributed by atoms with Gasteiger partial charge in [-0.15, -0.1) is 0 Å². The lowest BCUT2D eigenvalue weighted by molar-refractivity contribution is 0.221. The van der Waals surface area contributed by atoms with Crippen LogP contribution in [0.2, 0.25) is 5.02 Å². The Kier molecular flexibility index (Phi) is 6.02. The molecule has 0 aromatic heterocycles. The molecule has 4 nitrogen and oxygen atoms in total. The zero-order valence-corrected chi connectivity index (χ0v) is 16.0. The third kappa shape index (κ3) is 5.23. The van der Waals surface area contributed by atoms with Crippen molar-refractivity contribution in [2.45, 2.75) is 44.2 Å². The summed E-state index contributed by atoms with van der Waals surface area (Å²) in [6.45, 7) is 9.37. The van der Waals surface area contributed by atoms with Crippen LogP contribution in [0.3, 0.4) is 0 Å². The first-order chi connectivity index (χ1) is 12.0. The van der Waals surface area contributed by atoms with Gasteiger partial charge in [-0.2, -0.15) is 0 Å². The van der Waals surface area contributed by atoms with Gasteiger partial charge in [0.2, 0.25) is 0 Å². The fourth-order valence-electron chi connectivity index (χ4n) is 3.62. The van der Waals surface area contributed by atoms with Gasteiger partial charge in [0.1, 0.15) is 0 Å². The van der Waals surface area contributed by atoms with Crippen molar-refractivity contribution < 1.29 is 0 Å². The van der Waals surface area contributed by atoms with Crippen LogP contribution < -0.4 is 10.6 Å². The predicted octanol–water partition coefficient (Wildman–Crippen LogP) is 3.40. The van der Waals surface area contributed by atoms with Gasteiger partial charge in [0.25, 0.3) is 0 Å². The number of guanidine groups is 1. The van der Waals surface area contributed by atoms with Crippen LogP contribution in [0.15, 0.2) is 41.4 Å². The van der Waals surface area contributed by atoms with Crippen LogP contribution >= 0.6 is 11.6 Å². The number of benzene rings is 1. The van der Waals surface area contributed by atoms with Crippen molar-refractivity contribution in [3.63, 3.8) is 0 Å². The van der Waals surface area contributed by atoms with Gasteiger partial charge in [-0.05, 0) is 43.9 Å². The third-order valence-electron chi connectivity index (χ3n) is 5.03. The van der Waals surface area contributed by atoms with Crippen LogP contribution in [0, 0.1) is 0 Å². The number of nitrogens with one attached hydrogen (secondary N) is 2. The lowest BCUT2D eigenvalue weighted by Gasteiger charge is -2.33. The Morgan fingerprint density at radius 1 is 1.32 bits per heavy atom. The highest BCUT2D eigenvalue weighted by molar-refractivity contribution is 6.30. The van der Waals surface area contributed by atoms with E-state index in [4.69, 9.17) is 11.6 Å². The molecule has 0 amide bonds. The van der Waals surface area contributed by atoms with Gasteiger partial charge in [0.15, 0.2) is 5.96 Å². The quantitative estimate of drug-likeness (QED) is 0.480. The van der Waals surface area contributed by atoms with Crippen LogP contribution in [0.25, 0.3) is 0 Å². The Balaban J connectivity index is 1.45. The molecule has 0 bridgehead atoms. The highest BCUT2D eigenvalue weighted by Gasteiger charge is 2.39. The van der Waals surface area contributed by atoms with Crippen molar-refractivity contribution in [1.82, 2.24) is 15.5 Å². The molecule has 1 heterocycles. The number of rotatable bonds is 5. The molecule has 1 saturated heterocycles. The van der Waals surface area contributed by atoms with Crippen molar-refractivity contribution in [2.24, 2.45) is 4.99 Å². The number of aliphatic imine (C=N–C) groups is 1. The summed E-state index contributed by atoms with van der Waals surface area (Å²) in [4.78, 5) is 6.89. The second-order valence-electron chi connectivity index (χ2n) is 7.37. The molecule has 2 N–H and O–H groups in total. The Labute approximate surface area is 156 Å². The van der Waals surface area contributed by atoms with E-state index in [1.165, 1.54) is 11.1 Å². The van der Waals surface area contributed by atoms with E-state index in [0.717, 1.165) is 49.9 Å². The summed E-state index contributed by atoms with van der Waals surface area (Å²) >= 11 is 6.10. The number of hydrogen-bond acceptors (Lipinski definition) is 2. The fourth-order valence-corrected chi connectivity index (χ4v) is 3.82. The molecular formula is C20H29ClN4. The summed E-state index contributed by atoms with van der Waals surface area (Å²) < 4.78 is 0. The smallest absolute Gasteiger partial charge is 0.191 e. The fraction of sp³-hybridized carbons (Fsp3) is 0.550. The number of likely N-dealkylation sites (tertiary alicyclic amines) is 1. The van der Waals surface area contributed by atoms with Crippen LogP contribution in [0.1, 0.15) is 37.7 Å². The molecule has 3 rings (SSSR count). The molecule has 1 aromatic carbocycles. The maximum Gasteiger partial charge on any atom is 0.191 e. The molecule has 2 unspecified atom stereocenters. The Morgan fingerprint density at radius 2 is 2.08 bits per heavy atom. The van der Waals surface area contributed by atoms with Crippen LogP contribution in [-0.2, 0) is 0 Å². The van der Waals surface area contributed by atoms with Gasteiger partial charge in [-0.1, -0.05) is 35.9 Å². The minimum Gasteiger partial charge on any atom is -0.354 e. The van der Waals surface area contributed by atoms with Crippen molar-refractivity contribution in [1.29, 1.82) is 0 Å². The maximum atomic E-state index is 6.10. The first-order valence-corrected chi connectivity index (χ1v) is 9.55. The van der Waals surface area contributed by atoms with E-state index in [-0.39, 0.29) is 0 Å². The van der Waals surface area contributed by atoms with E-state index in [9.17, 15) is 0 Å². The molecule has 2 fully saturated rings. The predicted molar refractivity (Wildman–Crippen MR) is 107 cm³/mol. The average Bonchev–Trinajstić information content (AvgIpc) is 3.35. The average molecular weight is 361 g/mol. The normalized spacial score (nSPS) is 24.8. The molecule has 0 radical (unpaired) electrons. The molecule has 0 spiro atoms. The summed E-state index contributed by atoms with van der Waals surface area (Å²) in [5.74, 6) is 1.46. The van der Waals surface area contributed by atoms with Gasteiger partial charge in [-0.3, -0.25) is 9.89 Å². The molecule has 136 valence electrons. The second kappa shape index (κ2) is 8.24. The monoisotopic (exact) mass is 360 g/mol. The Hall–Kier alpha value is -1.52. The van der Waals surface area contributed by atoms with E-state index in [0.29, 0.717) is 18.0 Å². The SMILES string of the molecule is C=C(C)CN1CCC(NC(=NC)NC2CC2c2cccc(Cl)c2)CC1. The lowest BCUT2D eigenvalue weighted by atomic mass is 10.0. The zero-order chi connectivity index (χ0) is 17.8. The molecule has 5 heteroatoms. The number of hydrogen-bond donors (Lipinski definition) is 2. The van der Waals surface area contributed by atoms with Crippen molar-refractivity contribution in [3.05, 3.63) is 47.0 Å². The highest BCUT2D eigenvalue weighted by Crippen LogP contribution is 2.41. The standard InChI is InChI=1S/C20H29ClN4/c1-14(2)13-25-9-7-17(8-10-25)23-20(22-3)24-19-12-18(19)15-5-4-6-16(21)11-15/h4-6,11,17-19H,1,7-10,12-13H2,2-3H3,(H2,22,23,24). The number of halogens is 1. The Bertz CT molecular complexity index is 634. The molecule has 1 aliphatic carbocycles. The van der Waals surface area contributed by atoms with E-state index in [1.807, 2.05) is 19.2 Å². The first kappa shape index (κ1) is 18.3. The van der Waals surface area contributed by atoms with Gasteiger partial charge in [0.05, 0.1) is 0 Å². The second-order valence-corrected chi connectivity index (χ2v) is 7.81. The summed E-state index contributed by atoms with van der Waals surface area (Å²) in [5.41, 5.74) is 2.55. The lowest BCUT2D eigenvalue weighted by Crippen LogP contribution is -2.49. The number of nitrogens with zero attached hydrogens (tertiary/aromatic N) is 2. The molecule has 2 atom stereocenters. The van der Waals surface area contributed by atoms with Gasteiger partial charge in [0, 0.05) is 49.7 Å². The first-order valence-electron chi connectivity index (χ1n) is 9.17. The number of piperidine rings is 1. The topological polar surface area (TPSA) is 39.7 Å². The van der Waals surface area contributed by atoms with Crippen molar-refractivity contribution >= 4 is 17.6 Å². The summed E-state index contributed by atoms with van der Waals surface area (Å²) in [5, 5.41) is 7.98. The van der Waals surface area contributed by atoms with E-state index >= 15 is 0 Å². The van der Waals surface area contributed by atoms with Gasteiger partial charge >= 0.3 is 0 Å². The molecule has 1 saturated carbocycles. The van der Waals surface area contributed by atoms with E-state index < -0.39 is 0 Å². The molecular weight excluding hydrogens is 332 g/mol.